The van der Waals surface area contributed by atoms with Crippen molar-refractivity contribution >= 4 is 35.6 Å². The van der Waals surface area contributed by atoms with Crippen molar-refractivity contribution in [1.29, 1.82) is 0 Å². The zero-order chi connectivity index (χ0) is 16.6. The van der Waals surface area contributed by atoms with Crippen LogP contribution in [0.2, 0.25) is 0 Å². The zero-order valence-corrected chi connectivity index (χ0v) is 14.6. The van der Waals surface area contributed by atoms with Gasteiger partial charge in [-0.1, -0.05) is 32.9 Å². The van der Waals surface area contributed by atoms with Gasteiger partial charge >= 0.3 is 0 Å². The third kappa shape index (κ3) is 3.65. The van der Waals surface area contributed by atoms with Gasteiger partial charge in [0.2, 0.25) is 0 Å². The molecule has 126 valence electrons. The molecule has 3 N–H and O–H groups in total. The molecule has 0 aliphatic heterocycles. The molecule has 24 heavy (non-hydrogen) atoms. The Morgan fingerprint density at radius 2 is 1.79 bits per heavy atom. The number of nitrogen functional groups attached to an aromatic ring is 1. The van der Waals surface area contributed by atoms with E-state index >= 15 is 0 Å². The summed E-state index contributed by atoms with van der Waals surface area (Å²) in [6.07, 6.45) is 1.63. The Bertz CT molecular complexity index is 865. The zero-order valence-electron chi connectivity index (χ0n) is 13.8. The number of amides is 1. The summed E-state index contributed by atoms with van der Waals surface area (Å²) < 4.78 is 1.54. The highest BCUT2D eigenvalue weighted by atomic mass is 35.5. The number of hydrogen-bond acceptors (Lipinski definition) is 4. The lowest BCUT2D eigenvalue weighted by Gasteiger charge is -2.18. The number of nitrogens with two attached hydrogens (primary N) is 1. The quantitative estimate of drug-likeness (QED) is 0.746. The van der Waals surface area contributed by atoms with Crippen molar-refractivity contribution < 1.29 is 4.79 Å². The van der Waals surface area contributed by atoms with Crippen molar-refractivity contribution in [2.45, 2.75) is 26.2 Å². The second kappa shape index (κ2) is 6.49. The predicted molar refractivity (Wildman–Crippen MR) is 97.7 cm³/mol. The van der Waals surface area contributed by atoms with Crippen LogP contribution in [0.4, 0.5) is 11.6 Å². The Morgan fingerprint density at radius 3 is 2.42 bits per heavy atom. The molecule has 1 aromatic carbocycles. The predicted octanol–water partition coefficient (Wildman–Crippen LogP) is 3.28. The van der Waals surface area contributed by atoms with Crippen LogP contribution in [-0.4, -0.2) is 20.5 Å². The SMILES string of the molecule is CC(C)(C)c1ccc(C(=O)Nc2cn3nc(N)ccc3n2)cc1.Cl. The second-order valence-electron chi connectivity index (χ2n) is 6.47. The number of aromatic nitrogens is 3. The van der Waals surface area contributed by atoms with Gasteiger partial charge in [-0.3, -0.25) is 4.79 Å². The van der Waals surface area contributed by atoms with E-state index in [9.17, 15) is 4.79 Å². The lowest BCUT2D eigenvalue weighted by atomic mass is 9.87. The van der Waals surface area contributed by atoms with Crippen LogP contribution in [0.25, 0.3) is 5.65 Å². The molecule has 3 aromatic rings. The van der Waals surface area contributed by atoms with Crippen LogP contribution < -0.4 is 11.1 Å². The first kappa shape index (κ1) is 17.7. The van der Waals surface area contributed by atoms with Crippen molar-refractivity contribution in [2.24, 2.45) is 0 Å². The van der Waals surface area contributed by atoms with E-state index in [1.54, 1.807) is 18.3 Å². The van der Waals surface area contributed by atoms with Crippen molar-refractivity contribution in [1.82, 2.24) is 14.6 Å². The molecule has 0 spiro atoms. The first-order valence-electron chi connectivity index (χ1n) is 7.37. The van der Waals surface area contributed by atoms with Gasteiger partial charge in [0.25, 0.3) is 5.91 Å². The van der Waals surface area contributed by atoms with Crippen molar-refractivity contribution in [3.8, 4) is 0 Å². The minimum atomic E-state index is -0.207. The van der Waals surface area contributed by atoms with Crippen LogP contribution in [0.1, 0.15) is 36.7 Å². The minimum absolute atomic E-state index is 0. The van der Waals surface area contributed by atoms with Gasteiger partial charge in [0.05, 0.1) is 6.20 Å². The number of imidazole rings is 1. The Kier molecular flexibility index (Phi) is 4.80. The molecule has 0 radical (unpaired) electrons. The normalized spacial score (nSPS) is 11.1. The summed E-state index contributed by atoms with van der Waals surface area (Å²) in [5, 5.41) is 6.87. The van der Waals surface area contributed by atoms with E-state index in [1.165, 1.54) is 10.1 Å². The van der Waals surface area contributed by atoms with E-state index in [0.717, 1.165) is 0 Å². The number of fused-ring (bicyclic) bond motifs is 1. The first-order chi connectivity index (χ1) is 10.8. The minimum Gasteiger partial charge on any atom is -0.382 e. The van der Waals surface area contributed by atoms with Gasteiger partial charge in [-0.25, -0.2) is 9.50 Å². The third-order valence-electron chi connectivity index (χ3n) is 3.60. The molecule has 3 rings (SSSR count). The van der Waals surface area contributed by atoms with Gasteiger partial charge in [0, 0.05) is 5.56 Å². The molecule has 0 saturated carbocycles. The van der Waals surface area contributed by atoms with Gasteiger partial charge < -0.3 is 11.1 Å². The van der Waals surface area contributed by atoms with Crippen LogP contribution >= 0.6 is 12.4 Å². The number of halogens is 1. The standard InChI is InChI=1S/C17H19N5O.ClH/c1-17(2,3)12-6-4-11(5-7-12)16(23)20-14-10-22-15(19-14)9-8-13(18)21-22;/h4-10H,1-3H3,(H2,18,21)(H,20,23);1H. The van der Waals surface area contributed by atoms with Crippen molar-refractivity contribution in [3.05, 3.63) is 53.7 Å². The monoisotopic (exact) mass is 345 g/mol. The summed E-state index contributed by atoms with van der Waals surface area (Å²) in [7, 11) is 0. The van der Waals surface area contributed by atoms with Gasteiger partial charge in [0.15, 0.2) is 11.5 Å². The van der Waals surface area contributed by atoms with Gasteiger partial charge in [-0.15, -0.1) is 17.5 Å². The summed E-state index contributed by atoms with van der Waals surface area (Å²) in [5.74, 6) is 0.625. The van der Waals surface area contributed by atoms with E-state index in [1.807, 2.05) is 24.3 Å². The summed E-state index contributed by atoms with van der Waals surface area (Å²) in [6.45, 7) is 6.41. The van der Waals surface area contributed by atoms with Gasteiger partial charge in [-0.05, 0) is 35.2 Å². The molecule has 0 saturated heterocycles. The number of benzene rings is 1. The number of carbonyl (C=O) groups is 1. The molecular weight excluding hydrogens is 326 g/mol. The Balaban J connectivity index is 0.00000208. The highest BCUT2D eigenvalue weighted by Gasteiger charge is 2.15. The fraction of sp³-hybridized carbons (Fsp3) is 0.235. The molecule has 0 aliphatic rings. The average molecular weight is 346 g/mol. The lowest BCUT2D eigenvalue weighted by Crippen LogP contribution is -2.14. The second-order valence-corrected chi connectivity index (χ2v) is 6.47. The van der Waals surface area contributed by atoms with E-state index in [-0.39, 0.29) is 23.7 Å². The summed E-state index contributed by atoms with van der Waals surface area (Å²) >= 11 is 0. The van der Waals surface area contributed by atoms with Crippen molar-refractivity contribution in [2.75, 3.05) is 11.1 Å². The average Bonchev–Trinajstić information content (AvgIpc) is 2.87. The maximum atomic E-state index is 12.3. The summed E-state index contributed by atoms with van der Waals surface area (Å²) in [4.78, 5) is 16.6. The largest absolute Gasteiger partial charge is 0.382 e. The molecule has 7 heteroatoms. The topological polar surface area (TPSA) is 85.3 Å². The number of hydrogen-bond donors (Lipinski definition) is 2. The maximum Gasteiger partial charge on any atom is 0.256 e. The van der Waals surface area contributed by atoms with Crippen LogP contribution in [0.3, 0.4) is 0 Å². The molecular formula is C17H20ClN5O. The van der Waals surface area contributed by atoms with E-state index in [4.69, 9.17) is 5.73 Å². The molecule has 2 heterocycles. The Morgan fingerprint density at radius 1 is 1.12 bits per heavy atom. The highest BCUT2D eigenvalue weighted by Crippen LogP contribution is 2.22. The van der Waals surface area contributed by atoms with Crippen LogP contribution in [0.5, 0.6) is 0 Å². The molecule has 0 unspecified atom stereocenters. The molecule has 0 bridgehead atoms. The number of nitrogens with zero attached hydrogens (tertiary/aromatic N) is 3. The molecule has 2 aromatic heterocycles. The van der Waals surface area contributed by atoms with E-state index < -0.39 is 0 Å². The number of nitrogens with one attached hydrogen (secondary N) is 1. The number of rotatable bonds is 2. The van der Waals surface area contributed by atoms with Crippen LogP contribution in [0.15, 0.2) is 42.6 Å². The first-order valence-corrected chi connectivity index (χ1v) is 7.37. The smallest absolute Gasteiger partial charge is 0.256 e. The summed E-state index contributed by atoms with van der Waals surface area (Å²) in [6, 6.07) is 11.0. The van der Waals surface area contributed by atoms with Crippen molar-refractivity contribution in [3.63, 3.8) is 0 Å². The Labute approximate surface area is 146 Å². The van der Waals surface area contributed by atoms with Gasteiger partial charge in [0.1, 0.15) is 5.82 Å². The number of carbonyl (C=O) groups excluding carboxylic acids is 1. The molecule has 6 nitrogen and oxygen atoms in total. The van der Waals surface area contributed by atoms with E-state index in [2.05, 4.69) is 36.2 Å². The summed E-state index contributed by atoms with van der Waals surface area (Å²) in [5.41, 5.74) is 8.08. The maximum absolute atomic E-state index is 12.3. The van der Waals surface area contributed by atoms with Crippen LogP contribution in [0, 0.1) is 0 Å². The molecule has 0 aliphatic carbocycles. The Hall–Kier alpha value is -2.60. The fourth-order valence-electron chi connectivity index (χ4n) is 2.27. The van der Waals surface area contributed by atoms with Crippen LogP contribution in [-0.2, 0) is 5.41 Å². The lowest BCUT2D eigenvalue weighted by molar-refractivity contribution is 0.102. The van der Waals surface area contributed by atoms with Gasteiger partial charge in [-0.2, -0.15) is 0 Å². The fourth-order valence-corrected chi connectivity index (χ4v) is 2.27. The third-order valence-corrected chi connectivity index (χ3v) is 3.60. The molecule has 0 fully saturated rings. The van der Waals surface area contributed by atoms with E-state index in [0.29, 0.717) is 22.8 Å². The number of anilines is 2. The molecule has 0 atom stereocenters. The molecule has 1 amide bonds. The highest BCUT2D eigenvalue weighted by molar-refractivity contribution is 6.03.